The number of ketones is 1. The van der Waals surface area contributed by atoms with Crippen LogP contribution < -0.4 is 0 Å². The fourth-order valence-corrected chi connectivity index (χ4v) is 5.21. The van der Waals surface area contributed by atoms with Gasteiger partial charge in [0, 0.05) is 11.8 Å². The van der Waals surface area contributed by atoms with Gasteiger partial charge in [-0.15, -0.1) is 9.35 Å². The number of rotatable bonds is 4. The van der Waals surface area contributed by atoms with Crippen LogP contribution in [-0.2, 0) is 19.2 Å². The van der Waals surface area contributed by atoms with Gasteiger partial charge in [0.15, 0.2) is 0 Å². The van der Waals surface area contributed by atoms with Crippen LogP contribution in [0.2, 0.25) is 0 Å². The Morgan fingerprint density at radius 3 is 2.17 bits per heavy atom. The highest BCUT2D eigenvalue weighted by Gasteiger charge is 2.62. The van der Waals surface area contributed by atoms with E-state index in [1.54, 1.807) is 12.1 Å². The van der Waals surface area contributed by atoms with Crippen molar-refractivity contribution in [2.45, 2.75) is 19.3 Å². The molecule has 2 fully saturated rings. The molecule has 4 rings (SSSR count). The highest BCUT2D eigenvalue weighted by Crippen LogP contribution is 2.59. The summed E-state index contributed by atoms with van der Waals surface area (Å²) in [6.07, 6.45) is 1.75. The zero-order valence-electron chi connectivity index (χ0n) is 12.0. The minimum absolute atomic E-state index is 0.0792. The Labute approximate surface area is 132 Å². The van der Waals surface area contributed by atoms with E-state index in [1.807, 2.05) is 0 Å². The SMILES string of the molecule is O=C1c2ccccc2C(=O)N1OS(=O)(=O)CC12CCC1CC2=O. The number of nitrogens with zero attached hydrogens (tertiary/aromatic N) is 1. The molecule has 1 aromatic carbocycles. The number of Topliss-reactive ketones (excluding diaryl/α,β-unsaturated/α-hetero) is 1. The molecule has 0 aromatic heterocycles. The van der Waals surface area contributed by atoms with Gasteiger partial charge in [-0.1, -0.05) is 12.1 Å². The largest absolute Gasteiger partial charge is 0.299 e. The topological polar surface area (TPSA) is 97.8 Å². The monoisotopic (exact) mass is 335 g/mol. The molecule has 2 atom stereocenters. The van der Waals surface area contributed by atoms with Crippen molar-refractivity contribution in [2.75, 3.05) is 5.75 Å². The van der Waals surface area contributed by atoms with E-state index in [-0.39, 0.29) is 27.9 Å². The quantitative estimate of drug-likeness (QED) is 0.759. The molecule has 0 bridgehead atoms. The zero-order valence-corrected chi connectivity index (χ0v) is 12.8. The normalized spacial score (nSPS) is 29.0. The van der Waals surface area contributed by atoms with Crippen molar-refractivity contribution in [2.24, 2.45) is 11.3 Å². The Balaban J connectivity index is 1.56. The molecule has 2 unspecified atom stereocenters. The van der Waals surface area contributed by atoms with Gasteiger partial charge in [-0.3, -0.25) is 14.4 Å². The summed E-state index contributed by atoms with van der Waals surface area (Å²) in [5.74, 6) is -2.09. The number of hydroxylamine groups is 2. The second-order valence-corrected chi connectivity index (χ2v) is 7.80. The van der Waals surface area contributed by atoms with Crippen LogP contribution in [0.1, 0.15) is 40.0 Å². The Bertz CT molecular complexity index is 825. The summed E-state index contributed by atoms with van der Waals surface area (Å²) < 4.78 is 29.2. The molecule has 2 aliphatic carbocycles. The lowest BCUT2D eigenvalue weighted by molar-refractivity contribution is -0.157. The fraction of sp³-hybridized carbons (Fsp3) is 0.400. The molecular weight excluding hydrogens is 322 g/mol. The van der Waals surface area contributed by atoms with Crippen LogP contribution in [0.4, 0.5) is 0 Å². The maximum absolute atomic E-state index is 12.2. The summed E-state index contributed by atoms with van der Waals surface area (Å²) in [6.45, 7) is 0. The molecule has 0 radical (unpaired) electrons. The smallest absolute Gasteiger partial charge is 0.289 e. The predicted octanol–water partition coefficient (Wildman–Crippen LogP) is 0.913. The molecule has 120 valence electrons. The molecule has 3 aliphatic rings. The van der Waals surface area contributed by atoms with Crippen molar-refractivity contribution in [3.05, 3.63) is 35.4 Å². The van der Waals surface area contributed by atoms with Gasteiger partial charge in [0.2, 0.25) is 0 Å². The number of hydrogen-bond donors (Lipinski definition) is 0. The van der Waals surface area contributed by atoms with Gasteiger partial charge in [0.1, 0.15) is 5.78 Å². The molecule has 0 spiro atoms. The summed E-state index contributed by atoms with van der Waals surface area (Å²) in [5, 5.41) is 0.271. The van der Waals surface area contributed by atoms with Gasteiger partial charge in [0.25, 0.3) is 21.9 Å². The first-order valence-corrected chi connectivity index (χ1v) is 8.85. The number of carbonyl (C=O) groups is 3. The highest BCUT2D eigenvalue weighted by molar-refractivity contribution is 7.86. The average Bonchev–Trinajstić information content (AvgIpc) is 2.75. The number of imide groups is 1. The van der Waals surface area contributed by atoms with E-state index >= 15 is 0 Å². The Morgan fingerprint density at radius 2 is 1.74 bits per heavy atom. The number of hydrogen-bond acceptors (Lipinski definition) is 6. The first-order valence-electron chi connectivity index (χ1n) is 7.27. The molecule has 1 heterocycles. The van der Waals surface area contributed by atoms with Crippen LogP contribution in [0.5, 0.6) is 0 Å². The average molecular weight is 335 g/mol. The molecule has 2 amide bonds. The summed E-state index contributed by atoms with van der Waals surface area (Å²) in [4.78, 5) is 36.0. The summed E-state index contributed by atoms with van der Waals surface area (Å²) in [6, 6.07) is 6.02. The van der Waals surface area contributed by atoms with E-state index in [0.29, 0.717) is 12.8 Å². The molecule has 1 aliphatic heterocycles. The molecule has 8 heteroatoms. The van der Waals surface area contributed by atoms with Crippen LogP contribution in [0.3, 0.4) is 0 Å². The van der Waals surface area contributed by atoms with Crippen molar-refractivity contribution in [3.8, 4) is 0 Å². The van der Waals surface area contributed by atoms with Crippen molar-refractivity contribution in [1.82, 2.24) is 5.06 Å². The first-order chi connectivity index (χ1) is 10.8. The van der Waals surface area contributed by atoms with Crippen molar-refractivity contribution < 1.29 is 27.1 Å². The van der Waals surface area contributed by atoms with Gasteiger partial charge in [-0.05, 0) is 30.9 Å². The van der Waals surface area contributed by atoms with Crippen LogP contribution in [-0.4, -0.2) is 36.8 Å². The zero-order chi connectivity index (χ0) is 16.4. The lowest BCUT2D eigenvalue weighted by atomic mass is 9.48. The minimum atomic E-state index is -4.22. The molecule has 7 nitrogen and oxygen atoms in total. The third-order valence-electron chi connectivity index (χ3n) is 5.09. The summed E-state index contributed by atoms with van der Waals surface area (Å²) >= 11 is 0. The van der Waals surface area contributed by atoms with Crippen LogP contribution in [0, 0.1) is 11.3 Å². The van der Waals surface area contributed by atoms with E-state index in [9.17, 15) is 22.8 Å². The third kappa shape index (κ3) is 1.91. The maximum atomic E-state index is 12.2. The van der Waals surface area contributed by atoms with Gasteiger partial charge in [-0.25, -0.2) is 0 Å². The van der Waals surface area contributed by atoms with Crippen molar-refractivity contribution in [1.29, 1.82) is 0 Å². The molecule has 0 N–H and O–H groups in total. The predicted molar refractivity (Wildman–Crippen MR) is 76.6 cm³/mol. The number of carbonyl (C=O) groups excluding carboxylic acids is 3. The summed E-state index contributed by atoms with van der Waals surface area (Å²) in [7, 11) is -4.22. The molecular formula is C15H13NO6S. The summed E-state index contributed by atoms with van der Waals surface area (Å²) in [5.41, 5.74) is -0.656. The number of amides is 2. The van der Waals surface area contributed by atoms with Gasteiger partial charge in [-0.2, -0.15) is 8.42 Å². The van der Waals surface area contributed by atoms with Crippen LogP contribution >= 0.6 is 0 Å². The first kappa shape index (κ1) is 14.5. The van der Waals surface area contributed by atoms with Crippen LogP contribution in [0.25, 0.3) is 0 Å². The Kier molecular flexibility index (Phi) is 2.83. The van der Waals surface area contributed by atoms with E-state index in [2.05, 4.69) is 0 Å². The van der Waals surface area contributed by atoms with E-state index in [0.717, 1.165) is 6.42 Å². The third-order valence-corrected chi connectivity index (χ3v) is 6.33. The van der Waals surface area contributed by atoms with E-state index in [4.69, 9.17) is 4.28 Å². The lowest BCUT2D eigenvalue weighted by Crippen LogP contribution is -2.61. The number of benzene rings is 1. The molecule has 23 heavy (non-hydrogen) atoms. The van der Waals surface area contributed by atoms with Crippen molar-refractivity contribution in [3.63, 3.8) is 0 Å². The Morgan fingerprint density at radius 1 is 1.13 bits per heavy atom. The highest BCUT2D eigenvalue weighted by atomic mass is 32.2. The van der Waals surface area contributed by atoms with E-state index in [1.165, 1.54) is 12.1 Å². The molecule has 1 aromatic rings. The van der Waals surface area contributed by atoms with E-state index < -0.39 is 33.1 Å². The standard InChI is InChI=1S/C15H13NO6S/c17-12-7-9-5-6-15(9,12)8-23(20,21)22-16-13(18)10-3-1-2-4-11(10)14(16)19/h1-4,9H,5-8H2. The van der Waals surface area contributed by atoms with Gasteiger partial charge < -0.3 is 0 Å². The van der Waals surface area contributed by atoms with Gasteiger partial charge in [0.05, 0.1) is 16.9 Å². The molecule has 0 saturated heterocycles. The minimum Gasteiger partial charge on any atom is -0.299 e. The van der Waals surface area contributed by atoms with Crippen molar-refractivity contribution >= 4 is 27.7 Å². The van der Waals surface area contributed by atoms with Crippen LogP contribution in [0.15, 0.2) is 24.3 Å². The van der Waals surface area contributed by atoms with Gasteiger partial charge >= 0.3 is 0 Å². The number of fused-ring (bicyclic) bond motifs is 2. The second kappa shape index (κ2) is 4.48. The fourth-order valence-electron chi connectivity index (χ4n) is 3.62. The Hall–Kier alpha value is -2.06. The maximum Gasteiger partial charge on any atom is 0.289 e. The molecule has 2 saturated carbocycles. The lowest BCUT2D eigenvalue weighted by Gasteiger charge is -2.56. The second-order valence-electron chi connectivity index (χ2n) is 6.25.